The van der Waals surface area contributed by atoms with E-state index in [0.717, 1.165) is 54.8 Å². The SMILES string of the molecule is C=C/C=C\CC(CCC)NC(=NC(N)C1=CCCC(/C(=C/C(C)(c2ccccc2)c2cccc(-c3ccc4c(c3)-c3ccccc3C43CCCCC3)c2)NCN)=C1)c1ccccc1. The van der Waals surface area contributed by atoms with E-state index in [4.69, 9.17) is 16.5 Å². The summed E-state index contributed by atoms with van der Waals surface area (Å²) in [5.41, 5.74) is 28.0. The fraction of sp³-hybridized carbons (Fsp3) is 0.293. The third kappa shape index (κ3) is 9.37. The lowest BCUT2D eigenvalue weighted by Crippen LogP contribution is -2.37. The molecular weight excluding hydrogens is 767 g/mol. The molecule has 0 bridgehead atoms. The zero-order valence-corrected chi connectivity index (χ0v) is 37.3. The Balaban J connectivity index is 1.15. The molecule has 0 aromatic heterocycles. The van der Waals surface area contributed by atoms with Gasteiger partial charge >= 0.3 is 0 Å². The molecule has 5 nitrogen and oxygen atoms in total. The van der Waals surface area contributed by atoms with Gasteiger partial charge in [-0.05, 0) is 119 Å². The van der Waals surface area contributed by atoms with E-state index in [1.54, 1.807) is 0 Å². The van der Waals surface area contributed by atoms with Crippen molar-refractivity contribution in [3.8, 4) is 22.3 Å². The van der Waals surface area contributed by atoms with Gasteiger partial charge in [0.2, 0.25) is 0 Å². The molecule has 6 N–H and O–H groups in total. The number of nitrogens with one attached hydrogen (secondary N) is 2. The molecule has 3 aliphatic rings. The Labute approximate surface area is 376 Å². The maximum atomic E-state index is 7.04. The number of allylic oxidation sites excluding steroid dienone is 5. The summed E-state index contributed by atoms with van der Waals surface area (Å²) in [4.78, 5) is 5.19. The third-order valence-electron chi connectivity index (χ3n) is 13.7. The average Bonchev–Trinajstić information content (AvgIpc) is 3.59. The average molecular weight is 832 g/mol. The van der Waals surface area contributed by atoms with Gasteiger partial charge in [0.25, 0.3) is 0 Å². The van der Waals surface area contributed by atoms with Gasteiger partial charge in [0.15, 0.2) is 0 Å². The normalized spacial score (nSPS) is 17.8. The van der Waals surface area contributed by atoms with Gasteiger partial charge in [0.1, 0.15) is 12.0 Å². The molecule has 0 heterocycles. The Morgan fingerprint density at radius 3 is 2.30 bits per heavy atom. The minimum atomic E-state index is -0.558. The molecule has 5 aromatic rings. The number of fused-ring (bicyclic) bond motifs is 5. The number of nitrogens with zero attached hydrogens (tertiary/aromatic N) is 1. The van der Waals surface area contributed by atoms with Gasteiger partial charge in [-0.2, -0.15) is 0 Å². The predicted octanol–water partition coefficient (Wildman–Crippen LogP) is 12.5. The van der Waals surface area contributed by atoms with Gasteiger partial charge in [0.05, 0.1) is 6.67 Å². The minimum absolute atomic E-state index is 0.147. The van der Waals surface area contributed by atoms with Crippen LogP contribution >= 0.6 is 0 Å². The molecule has 3 aliphatic carbocycles. The number of amidine groups is 1. The van der Waals surface area contributed by atoms with E-state index in [2.05, 4.69) is 165 Å². The summed E-state index contributed by atoms with van der Waals surface area (Å²) in [6, 6.07) is 47.0. The highest BCUT2D eigenvalue weighted by molar-refractivity contribution is 5.99. The lowest BCUT2D eigenvalue weighted by molar-refractivity contribution is 0.353. The summed E-state index contributed by atoms with van der Waals surface area (Å²) >= 11 is 0. The Bertz CT molecular complexity index is 2520. The summed E-state index contributed by atoms with van der Waals surface area (Å²) in [6.07, 6.45) is 23.3. The van der Waals surface area contributed by atoms with Crippen LogP contribution in [-0.2, 0) is 10.8 Å². The van der Waals surface area contributed by atoms with E-state index in [1.165, 1.54) is 82.2 Å². The summed E-state index contributed by atoms with van der Waals surface area (Å²) < 4.78 is 0. The Morgan fingerprint density at radius 2 is 1.54 bits per heavy atom. The summed E-state index contributed by atoms with van der Waals surface area (Å²) in [5.74, 6) is 0.809. The van der Waals surface area contributed by atoms with E-state index >= 15 is 0 Å². The lowest BCUT2D eigenvalue weighted by Gasteiger charge is -2.36. The van der Waals surface area contributed by atoms with Crippen LogP contribution in [0.4, 0.5) is 0 Å². The highest BCUT2D eigenvalue weighted by Crippen LogP contribution is 2.56. The number of rotatable bonds is 16. The number of hydrogen-bond donors (Lipinski definition) is 4. The summed E-state index contributed by atoms with van der Waals surface area (Å²) in [6.45, 7) is 8.70. The second-order valence-electron chi connectivity index (χ2n) is 17.8. The van der Waals surface area contributed by atoms with E-state index in [9.17, 15) is 0 Å². The first-order valence-corrected chi connectivity index (χ1v) is 23.3. The standard InChI is InChI=1S/C58H65N5/c1-4-6-10-30-49(21-5-2)62-56(42-22-11-7-12-23-42)63-55(60)46-26-19-25-45(37-46)54(61-41-59)40-57(3,47-27-13-8-14-28-47)48-29-20-24-43(38-48)44-33-34-53-51(39-44)50-31-15-16-32-52(50)58(53)35-17-9-18-36-58/h4,6-8,10-16,20,22-24,26-29,31-34,37-40,49,55,61H,1,5,9,17-19,21,25,30,35-36,41,59-60H2,2-3H3,(H,62,63)/b10-6-,54-40-. The van der Waals surface area contributed by atoms with Crippen molar-refractivity contribution in [2.75, 3.05) is 6.67 Å². The fourth-order valence-electron chi connectivity index (χ4n) is 10.4. The van der Waals surface area contributed by atoms with Crippen molar-refractivity contribution in [1.29, 1.82) is 0 Å². The first-order chi connectivity index (χ1) is 30.9. The van der Waals surface area contributed by atoms with Crippen molar-refractivity contribution in [1.82, 2.24) is 10.6 Å². The summed E-state index contributed by atoms with van der Waals surface area (Å²) in [5, 5.41) is 7.36. The lowest BCUT2D eigenvalue weighted by atomic mass is 9.68. The molecule has 8 rings (SSSR count). The molecule has 0 radical (unpaired) electrons. The Kier molecular flexibility index (Phi) is 13.9. The largest absolute Gasteiger partial charge is 0.373 e. The van der Waals surface area contributed by atoms with Gasteiger partial charge < -0.3 is 22.1 Å². The second kappa shape index (κ2) is 20.0. The number of aliphatic imine (C=N–C) groups is 1. The maximum absolute atomic E-state index is 7.04. The van der Waals surface area contributed by atoms with Crippen LogP contribution in [0.5, 0.6) is 0 Å². The number of nitrogens with two attached hydrogens (primary N) is 2. The van der Waals surface area contributed by atoms with Gasteiger partial charge in [-0.1, -0.05) is 185 Å². The first-order valence-electron chi connectivity index (χ1n) is 23.3. The van der Waals surface area contributed by atoms with Crippen molar-refractivity contribution >= 4 is 5.84 Å². The van der Waals surface area contributed by atoms with E-state index in [-0.39, 0.29) is 11.5 Å². The van der Waals surface area contributed by atoms with Crippen LogP contribution in [-0.4, -0.2) is 24.7 Å². The highest BCUT2D eigenvalue weighted by Gasteiger charge is 2.43. The van der Waals surface area contributed by atoms with Crippen LogP contribution in [0.15, 0.2) is 192 Å². The molecule has 0 amide bonds. The molecular formula is C58H65N5. The van der Waals surface area contributed by atoms with Crippen molar-refractivity contribution in [2.24, 2.45) is 16.5 Å². The topological polar surface area (TPSA) is 88.5 Å². The predicted molar refractivity (Wildman–Crippen MR) is 266 cm³/mol. The molecule has 322 valence electrons. The Hall–Kier alpha value is -6.01. The molecule has 0 saturated heterocycles. The number of hydrogen-bond acceptors (Lipinski definition) is 4. The monoisotopic (exact) mass is 832 g/mol. The molecule has 5 heteroatoms. The van der Waals surface area contributed by atoms with Crippen molar-refractivity contribution in [2.45, 2.75) is 101 Å². The number of benzene rings is 5. The van der Waals surface area contributed by atoms with Crippen molar-refractivity contribution in [3.63, 3.8) is 0 Å². The molecule has 1 spiro atoms. The van der Waals surface area contributed by atoms with E-state index in [1.807, 2.05) is 30.4 Å². The van der Waals surface area contributed by atoms with E-state index < -0.39 is 11.6 Å². The Morgan fingerprint density at radius 1 is 0.825 bits per heavy atom. The zero-order chi connectivity index (χ0) is 43.7. The quantitative estimate of drug-likeness (QED) is 0.0345. The second-order valence-corrected chi connectivity index (χ2v) is 17.8. The van der Waals surface area contributed by atoms with Crippen LogP contribution in [0.1, 0.15) is 106 Å². The zero-order valence-electron chi connectivity index (χ0n) is 37.3. The van der Waals surface area contributed by atoms with E-state index in [0.29, 0.717) is 6.67 Å². The van der Waals surface area contributed by atoms with Crippen LogP contribution in [0.2, 0.25) is 0 Å². The van der Waals surface area contributed by atoms with Crippen molar-refractivity contribution < 1.29 is 0 Å². The van der Waals surface area contributed by atoms with Crippen LogP contribution in [0.3, 0.4) is 0 Å². The minimum Gasteiger partial charge on any atom is -0.373 e. The van der Waals surface area contributed by atoms with Gasteiger partial charge in [-0.3, -0.25) is 0 Å². The molecule has 0 aliphatic heterocycles. The van der Waals surface area contributed by atoms with Crippen LogP contribution in [0.25, 0.3) is 22.3 Å². The van der Waals surface area contributed by atoms with Gasteiger partial charge in [-0.25, -0.2) is 4.99 Å². The molecule has 5 aromatic carbocycles. The van der Waals surface area contributed by atoms with Gasteiger partial charge in [-0.15, -0.1) is 0 Å². The highest BCUT2D eigenvalue weighted by atomic mass is 15.1. The molecule has 63 heavy (non-hydrogen) atoms. The molecule has 3 unspecified atom stereocenters. The van der Waals surface area contributed by atoms with Gasteiger partial charge in [0, 0.05) is 28.1 Å². The molecule has 3 atom stereocenters. The molecule has 1 fully saturated rings. The third-order valence-corrected chi connectivity index (χ3v) is 13.7. The summed E-state index contributed by atoms with van der Waals surface area (Å²) in [7, 11) is 0. The fourth-order valence-corrected chi connectivity index (χ4v) is 10.4. The maximum Gasteiger partial charge on any atom is 0.130 e. The van der Waals surface area contributed by atoms with Crippen molar-refractivity contribution in [3.05, 3.63) is 215 Å². The van der Waals surface area contributed by atoms with Crippen LogP contribution in [0, 0.1) is 0 Å². The smallest absolute Gasteiger partial charge is 0.130 e. The molecule has 1 saturated carbocycles. The van der Waals surface area contributed by atoms with Crippen LogP contribution < -0.4 is 22.1 Å². The first kappa shape index (κ1) is 43.6.